The minimum absolute atomic E-state index is 0.0937. The Morgan fingerprint density at radius 1 is 1.00 bits per heavy atom. The quantitative estimate of drug-likeness (QED) is 0.515. The van der Waals surface area contributed by atoms with Gasteiger partial charge in [0.05, 0.1) is 0 Å². The summed E-state index contributed by atoms with van der Waals surface area (Å²) in [5.41, 5.74) is 6.55. The molecule has 1 aliphatic carbocycles. The number of fused-ring (bicyclic) bond motifs is 3. The van der Waals surface area contributed by atoms with Crippen molar-refractivity contribution in [2.24, 2.45) is 5.92 Å². The summed E-state index contributed by atoms with van der Waals surface area (Å²) in [6, 6.07) is 15.1. The minimum atomic E-state index is -1.22. The lowest BCUT2D eigenvalue weighted by Gasteiger charge is -2.24. The number of carbonyl (C=O) groups is 3. The Morgan fingerprint density at radius 3 is 2.09 bits per heavy atom. The normalized spacial score (nSPS) is 15.1. The first-order valence-electron chi connectivity index (χ1n) is 10.6. The first-order chi connectivity index (χ1) is 15.3. The number of hydroxylamine groups is 1. The van der Waals surface area contributed by atoms with Gasteiger partial charge in [0, 0.05) is 5.92 Å². The maximum Gasteiger partial charge on any atom is 0.407 e. The predicted octanol–water partition coefficient (Wildman–Crippen LogP) is 3.46. The van der Waals surface area contributed by atoms with Crippen molar-refractivity contribution >= 4 is 18.0 Å². The van der Waals surface area contributed by atoms with Crippen molar-refractivity contribution in [1.29, 1.82) is 0 Å². The van der Waals surface area contributed by atoms with E-state index in [1.165, 1.54) is 6.92 Å². The number of alkyl carbamates (subject to hydrolysis) is 1. The van der Waals surface area contributed by atoms with Crippen LogP contribution in [0.25, 0.3) is 11.1 Å². The van der Waals surface area contributed by atoms with Crippen molar-refractivity contribution in [3.05, 3.63) is 59.7 Å². The Labute approximate surface area is 186 Å². The summed E-state index contributed by atoms with van der Waals surface area (Å²) in [5, 5.41) is 11.5. The van der Waals surface area contributed by atoms with Crippen LogP contribution in [0.5, 0.6) is 0 Å². The topological polar surface area (TPSA) is 114 Å². The van der Waals surface area contributed by atoms with Crippen molar-refractivity contribution in [3.8, 4) is 11.1 Å². The number of rotatable bonds is 9. The Hall–Kier alpha value is -3.39. The number of carbonyl (C=O) groups excluding carboxylic acids is 2. The molecule has 8 heteroatoms. The molecular formula is C24H28N2O6. The Bertz CT molecular complexity index is 946. The summed E-state index contributed by atoms with van der Waals surface area (Å²) >= 11 is 0. The molecule has 0 bridgehead atoms. The second-order valence-corrected chi connectivity index (χ2v) is 7.90. The number of ether oxygens (including phenoxy) is 1. The highest BCUT2D eigenvalue weighted by molar-refractivity contribution is 5.85. The fraction of sp³-hybridized carbons (Fsp3) is 0.375. The smallest absolute Gasteiger partial charge is 0.407 e. The summed E-state index contributed by atoms with van der Waals surface area (Å²) in [6.07, 6.45) is -1.33. The first kappa shape index (κ1) is 23.3. The SMILES string of the molecule is CC[C@H](C)[C@H](NC(=O)OCC1c2ccccc2-c2ccccc21)C(=O)NOC(C)C(=O)O. The number of aliphatic carboxylic acids is 1. The number of carboxylic acids is 1. The number of hydrogen-bond acceptors (Lipinski definition) is 5. The molecular weight excluding hydrogens is 412 g/mol. The molecule has 1 unspecified atom stereocenters. The molecule has 0 radical (unpaired) electrons. The van der Waals surface area contributed by atoms with Crippen molar-refractivity contribution in [2.45, 2.75) is 45.3 Å². The molecule has 0 aliphatic heterocycles. The lowest BCUT2D eigenvalue weighted by Crippen LogP contribution is -2.51. The fourth-order valence-electron chi connectivity index (χ4n) is 3.73. The molecule has 2 aromatic rings. The van der Waals surface area contributed by atoms with E-state index in [9.17, 15) is 14.4 Å². The number of carboxylic acid groups (broad SMARTS) is 1. The van der Waals surface area contributed by atoms with Crippen molar-refractivity contribution in [3.63, 3.8) is 0 Å². The minimum Gasteiger partial charge on any atom is -0.479 e. The molecule has 32 heavy (non-hydrogen) atoms. The highest BCUT2D eigenvalue weighted by Crippen LogP contribution is 2.44. The van der Waals surface area contributed by atoms with Gasteiger partial charge in [-0.25, -0.2) is 15.1 Å². The number of amides is 2. The number of hydrogen-bond donors (Lipinski definition) is 3. The van der Waals surface area contributed by atoms with Crippen LogP contribution < -0.4 is 10.8 Å². The van der Waals surface area contributed by atoms with Gasteiger partial charge in [-0.3, -0.25) is 9.63 Å². The van der Waals surface area contributed by atoms with E-state index < -0.39 is 30.1 Å². The standard InChI is InChI=1S/C24H28N2O6/c1-4-14(2)21(22(27)26-32-15(3)23(28)29)25-24(30)31-13-20-18-11-7-5-9-16(18)17-10-6-8-12-19(17)20/h5-12,14-15,20-21H,4,13H2,1-3H3,(H,25,30)(H,26,27)(H,28,29)/t14-,15?,21-/m0/s1. The fourth-order valence-corrected chi connectivity index (χ4v) is 3.73. The van der Waals surface area contributed by atoms with Gasteiger partial charge in [0.25, 0.3) is 5.91 Å². The summed E-state index contributed by atoms with van der Waals surface area (Å²) in [7, 11) is 0. The van der Waals surface area contributed by atoms with Crippen LogP contribution in [-0.4, -0.2) is 41.8 Å². The van der Waals surface area contributed by atoms with E-state index in [0.29, 0.717) is 6.42 Å². The van der Waals surface area contributed by atoms with Crippen LogP contribution in [0.4, 0.5) is 4.79 Å². The molecule has 3 atom stereocenters. The maximum absolute atomic E-state index is 12.6. The summed E-state index contributed by atoms with van der Waals surface area (Å²) in [6.45, 7) is 5.10. The molecule has 1 aliphatic rings. The zero-order chi connectivity index (χ0) is 23.3. The Kier molecular flexibility index (Phi) is 7.48. The zero-order valence-electron chi connectivity index (χ0n) is 18.3. The van der Waals surface area contributed by atoms with E-state index in [1.807, 2.05) is 43.3 Å². The molecule has 0 saturated carbocycles. The molecule has 3 rings (SSSR count). The zero-order valence-corrected chi connectivity index (χ0v) is 18.3. The molecule has 170 valence electrons. The predicted molar refractivity (Wildman–Crippen MR) is 118 cm³/mol. The lowest BCUT2D eigenvalue weighted by molar-refractivity contribution is -0.159. The van der Waals surface area contributed by atoms with E-state index in [0.717, 1.165) is 22.3 Å². The second-order valence-electron chi connectivity index (χ2n) is 7.90. The third-order valence-corrected chi connectivity index (χ3v) is 5.80. The van der Waals surface area contributed by atoms with Crippen LogP contribution in [0, 0.1) is 5.92 Å². The highest BCUT2D eigenvalue weighted by atomic mass is 16.7. The lowest BCUT2D eigenvalue weighted by atomic mass is 9.98. The van der Waals surface area contributed by atoms with Crippen LogP contribution in [0.1, 0.15) is 44.2 Å². The molecule has 0 fully saturated rings. The monoisotopic (exact) mass is 440 g/mol. The molecule has 0 aromatic heterocycles. The summed E-state index contributed by atoms with van der Waals surface area (Å²) in [4.78, 5) is 40.8. The third-order valence-electron chi connectivity index (χ3n) is 5.80. The molecule has 2 aromatic carbocycles. The molecule has 3 N–H and O–H groups in total. The largest absolute Gasteiger partial charge is 0.479 e. The first-order valence-corrected chi connectivity index (χ1v) is 10.6. The van der Waals surface area contributed by atoms with Gasteiger partial charge in [-0.15, -0.1) is 0 Å². The maximum atomic E-state index is 12.6. The van der Waals surface area contributed by atoms with Gasteiger partial charge >= 0.3 is 12.1 Å². The van der Waals surface area contributed by atoms with Crippen molar-refractivity contribution in [2.75, 3.05) is 6.61 Å². The van der Waals surface area contributed by atoms with E-state index in [4.69, 9.17) is 14.7 Å². The van der Waals surface area contributed by atoms with E-state index >= 15 is 0 Å². The van der Waals surface area contributed by atoms with Gasteiger partial charge in [-0.2, -0.15) is 0 Å². The Morgan fingerprint density at radius 2 is 1.56 bits per heavy atom. The van der Waals surface area contributed by atoms with Crippen molar-refractivity contribution in [1.82, 2.24) is 10.8 Å². The number of nitrogens with one attached hydrogen (secondary N) is 2. The average molecular weight is 440 g/mol. The van der Waals surface area contributed by atoms with E-state index in [1.54, 1.807) is 6.92 Å². The van der Waals surface area contributed by atoms with Gasteiger partial charge in [0.1, 0.15) is 12.6 Å². The van der Waals surface area contributed by atoms with Gasteiger partial charge < -0.3 is 15.2 Å². The van der Waals surface area contributed by atoms with E-state index in [-0.39, 0.29) is 18.4 Å². The van der Waals surface area contributed by atoms with Crippen LogP contribution in [0.3, 0.4) is 0 Å². The molecule has 0 spiro atoms. The van der Waals surface area contributed by atoms with Gasteiger partial charge in [0.15, 0.2) is 6.10 Å². The van der Waals surface area contributed by atoms with Gasteiger partial charge in [0.2, 0.25) is 0 Å². The molecule has 8 nitrogen and oxygen atoms in total. The van der Waals surface area contributed by atoms with Crippen LogP contribution in [-0.2, 0) is 19.2 Å². The summed E-state index contributed by atoms with van der Waals surface area (Å²) in [5.74, 6) is -2.17. The van der Waals surface area contributed by atoms with Crippen LogP contribution in [0.2, 0.25) is 0 Å². The van der Waals surface area contributed by atoms with Crippen LogP contribution in [0.15, 0.2) is 48.5 Å². The second kappa shape index (κ2) is 10.3. The highest BCUT2D eigenvalue weighted by Gasteiger charge is 2.31. The molecule has 0 heterocycles. The average Bonchev–Trinajstić information content (AvgIpc) is 3.12. The third kappa shape index (κ3) is 5.08. The Balaban J connectivity index is 1.64. The molecule has 2 amide bonds. The van der Waals surface area contributed by atoms with E-state index in [2.05, 4.69) is 22.9 Å². The number of benzene rings is 2. The van der Waals surface area contributed by atoms with Crippen molar-refractivity contribution < 1.29 is 29.1 Å². The molecule has 0 saturated heterocycles. The van der Waals surface area contributed by atoms with Gasteiger partial charge in [-0.05, 0) is 35.1 Å². The van der Waals surface area contributed by atoms with Crippen LogP contribution >= 0.6 is 0 Å². The van der Waals surface area contributed by atoms with Gasteiger partial charge in [-0.1, -0.05) is 68.8 Å². The summed E-state index contributed by atoms with van der Waals surface area (Å²) < 4.78 is 5.51.